The lowest BCUT2D eigenvalue weighted by atomic mass is 10.1. The smallest absolute Gasteiger partial charge is 0.359 e. The van der Waals surface area contributed by atoms with Crippen molar-refractivity contribution in [3.63, 3.8) is 0 Å². The Kier molecular flexibility index (Phi) is 4.26. The minimum Gasteiger partial charge on any atom is -0.359 e. The molecule has 20 heavy (non-hydrogen) atoms. The van der Waals surface area contributed by atoms with Crippen LogP contribution in [0.2, 0.25) is 0 Å². The molecule has 1 aromatic rings. The highest BCUT2D eigenvalue weighted by molar-refractivity contribution is 7.88. The number of aromatic nitrogens is 1. The Morgan fingerprint density at radius 1 is 1.40 bits per heavy atom. The molecule has 0 unspecified atom stereocenters. The van der Waals surface area contributed by atoms with E-state index in [4.69, 9.17) is 0 Å². The van der Waals surface area contributed by atoms with Gasteiger partial charge < -0.3 is 5.32 Å². The fourth-order valence-electron chi connectivity index (χ4n) is 1.98. The number of hydrogen-bond donors (Lipinski definition) is 1. The van der Waals surface area contributed by atoms with Gasteiger partial charge in [-0.3, -0.25) is 0 Å². The highest BCUT2D eigenvalue weighted by atomic mass is 32.2. The molecule has 0 saturated carbocycles. The molecule has 1 saturated heterocycles. The van der Waals surface area contributed by atoms with E-state index >= 15 is 0 Å². The molecular weight excluding hydrogens is 315 g/mol. The Morgan fingerprint density at radius 3 is 2.45 bits per heavy atom. The number of alkyl halides is 3. The summed E-state index contributed by atoms with van der Waals surface area (Å²) >= 11 is 0.561. The van der Waals surface area contributed by atoms with Gasteiger partial charge in [-0.25, -0.2) is 17.7 Å². The second kappa shape index (κ2) is 5.49. The summed E-state index contributed by atoms with van der Waals surface area (Å²) in [6, 6.07) is -0.0553. The zero-order chi connectivity index (χ0) is 15.0. The standard InChI is InChI=1S/C10H14F3N3O2S2/c1-20(17,18)16-4-2-7(3-5-16)15-9-14-6-8(19-9)10(11,12)13/h6-7H,2-5H2,1H3,(H,14,15). The summed E-state index contributed by atoms with van der Waals surface area (Å²) in [5.74, 6) is 0. The third-order valence-electron chi connectivity index (χ3n) is 3.04. The maximum absolute atomic E-state index is 12.4. The van der Waals surface area contributed by atoms with E-state index in [1.807, 2.05) is 0 Å². The van der Waals surface area contributed by atoms with Crippen molar-refractivity contribution in [2.45, 2.75) is 25.1 Å². The van der Waals surface area contributed by atoms with Gasteiger partial charge in [0, 0.05) is 19.1 Å². The topological polar surface area (TPSA) is 62.3 Å². The Morgan fingerprint density at radius 2 is 2.00 bits per heavy atom. The Bertz CT molecular complexity index is 563. The first-order chi connectivity index (χ1) is 9.16. The Labute approximate surface area is 118 Å². The van der Waals surface area contributed by atoms with Gasteiger partial charge in [-0.05, 0) is 12.8 Å². The number of thiazole rings is 1. The van der Waals surface area contributed by atoms with Crippen LogP contribution in [0.15, 0.2) is 6.20 Å². The fourth-order valence-corrected chi connectivity index (χ4v) is 3.61. The maximum atomic E-state index is 12.4. The van der Waals surface area contributed by atoms with Crippen LogP contribution >= 0.6 is 11.3 Å². The molecular formula is C10H14F3N3O2S2. The van der Waals surface area contributed by atoms with Crippen molar-refractivity contribution in [1.29, 1.82) is 0 Å². The monoisotopic (exact) mass is 329 g/mol. The second-order valence-corrected chi connectivity index (χ2v) is 7.62. The third kappa shape index (κ3) is 3.83. The number of sulfonamides is 1. The van der Waals surface area contributed by atoms with Crippen LogP contribution in [-0.4, -0.2) is 43.1 Å². The number of rotatable bonds is 3. The van der Waals surface area contributed by atoms with Crippen LogP contribution in [0.1, 0.15) is 17.7 Å². The van der Waals surface area contributed by atoms with Gasteiger partial charge in [-0.2, -0.15) is 13.2 Å². The molecule has 0 aliphatic carbocycles. The third-order valence-corrected chi connectivity index (χ3v) is 5.31. The molecule has 5 nitrogen and oxygen atoms in total. The van der Waals surface area contributed by atoms with Gasteiger partial charge >= 0.3 is 6.18 Å². The van der Waals surface area contributed by atoms with Crippen LogP contribution in [0.5, 0.6) is 0 Å². The molecule has 0 radical (unpaired) electrons. The molecule has 0 bridgehead atoms. The lowest BCUT2D eigenvalue weighted by molar-refractivity contribution is -0.134. The number of hydrogen-bond acceptors (Lipinski definition) is 5. The number of nitrogens with one attached hydrogen (secondary N) is 1. The molecule has 0 spiro atoms. The first kappa shape index (κ1) is 15.5. The van der Waals surface area contributed by atoms with E-state index in [0.29, 0.717) is 37.3 Å². The van der Waals surface area contributed by atoms with Gasteiger partial charge in [0.05, 0.1) is 12.5 Å². The largest absolute Gasteiger partial charge is 0.427 e. The van der Waals surface area contributed by atoms with Crippen molar-refractivity contribution in [3.05, 3.63) is 11.1 Å². The number of nitrogens with zero attached hydrogens (tertiary/aromatic N) is 2. The fraction of sp³-hybridized carbons (Fsp3) is 0.700. The van der Waals surface area contributed by atoms with Crippen LogP contribution < -0.4 is 5.32 Å². The molecule has 1 aliphatic heterocycles. The van der Waals surface area contributed by atoms with Crippen molar-refractivity contribution in [3.8, 4) is 0 Å². The first-order valence-corrected chi connectivity index (χ1v) is 8.57. The molecule has 10 heteroatoms. The summed E-state index contributed by atoms with van der Waals surface area (Å²) in [5, 5.41) is 3.15. The molecule has 114 valence electrons. The molecule has 1 fully saturated rings. The lowest BCUT2D eigenvalue weighted by Crippen LogP contribution is -2.41. The van der Waals surface area contributed by atoms with Gasteiger partial charge in [0.2, 0.25) is 10.0 Å². The summed E-state index contributed by atoms with van der Waals surface area (Å²) in [7, 11) is -3.19. The van der Waals surface area contributed by atoms with Crippen molar-refractivity contribution in [1.82, 2.24) is 9.29 Å². The second-order valence-electron chi connectivity index (χ2n) is 4.61. The minimum atomic E-state index is -4.38. The normalized spacial score (nSPS) is 19.2. The van der Waals surface area contributed by atoms with Crippen LogP contribution in [0.25, 0.3) is 0 Å². The van der Waals surface area contributed by atoms with E-state index in [1.54, 1.807) is 0 Å². The molecule has 1 aliphatic rings. The Balaban J connectivity index is 1.92. The molecule has 0 aromatic carbocycles. The lowest BCUT2D eigenvalue weighted by Gasteiger charge is -2.30. The zero-order valence-corrected chi connectivity index (χ0v) is 12.3. The Hall–Kier alpha value is -0.870. The van der Waals surface area contributed by atoms with Crippen molar-refractivity contribution in [2.75, 3.05) is 24.7 Å². The van der Waals surface area contributed by atoms with Crippen molar-refractivity contribution in [2.24, 2.45) is 0 Å². The summed E-state index contributed by atoms with van der Waals surface area (Å²) in [6.45, 7) is 0.738. The average Bonchev–Trinajstić information content (AvgIpc) is 2.77. The summed E-state index contributed by atoms with van der Waals surface area (Å²) < 4.78 is 61.3. The van der Waals surface area contributed by atoms with Crippen molar-refractivity contribution >= 4 is 26.5 Å². The number of halogens is 3. The van der Waals surface area contributed by atoms with Crippen LogP contribution in [0.4, 0.5) is 18.3 Å². The quantitative estimate of drug-likeness (QED) is 0.921. The van der Waals surface area contributed by atoms with Gasteiger partial charge in [0.1, 0.15) is 4.88 Å². The average molecular weight is 329 g/mol. The van der Waals surface area contributed by atoms with Crippen LogP contribution in [-0.2, 0) is 16.2 Å². The SMILES string of the molecule is CS(=O)(=O)N1CCC(Nc2ncc(C(F)(F)F)s2)CC1. The highest BCUT2D eigenvalue weighted by Gasteiger charge is 2.33. The van der Waals surface area contributed by atoms with E-state index in [-0.39, 0.29) is 11.2 Å². The molecule has 0 amide bonds. The number of piperidine rings is 1. The highest BCUT2D eigenvalue weighted by Crippen LogP contribution is 2.35. The van der Waals surface area contributed by atoms with Crippen LogP contribution in [0, 0.1) is 0 Å². The van der Waals surface area contributed by atoms with E-state index in [1.165, 1.54) is 4.31 Å². The van der Waals surface area contributed by atoms with Crippen molar-refractivity contribution < 1.29 is 21.6 Å². The molecule has 2 heterocycles. The maximum Gasteiger partial charge on any atom is 0.427 e. The van der Waals surface area contributed by atoms with E-state index < -0.39 is 21.1 Å². The first-order valence-electron chi connectivity index (χ1n) is 5.91. The zero-order valence-electron chi connectivity index (χ0n) is 10.6. The van der Waals surface area contributed by atoms with E-state index in [2.05, 4.69) is 10.3 Å². The van der Waals surface area contributed by atoms with Gasteiger partial charge in [0.25, 0.3) is 0 Å². The van der Waals surface area contributed by atoms with E-state index in [9.17, 15) is 21.6 Å². The minimum absolute atomic E-state index is 0.0553. The van der Waals surface area contributed by atoms with Crippen LogP contribution in [0.3, 0.4) is 0 Å². The van der Waals surface area contributed by atoms with Gasteiger partial charge in [-0.15, -0.1) is 0 Å². The predicted molar refractivity (Wildman–Crippen MR) is 70.2 cm³/mol. The predicted octanol–water partition coefficient (Wildman–Crippen LogP) is 2.00. The summed E-state index contributed by atoms with van der Waals surface area (Å²) in [6.07, 6.45) is -1.32. The molecule has 0 atom stereocenters. The summed E-state index contributed by atoms with van der Waals surface area (Å²) in [5.41, 5.74) is 0. The number of anilines is 1. The summed E-state index contributed by atoms with van der Waals surface area (Å²) in [4.78, 5) is 2.96. The van der Waals surface area contributed by atoms with Gasteiger partial charge in [-0.1, -0.05) is 11.3 Å². The molecule has 1 N–H and O–H groups in total. The molecule has 1 aromatic heterocycles. The van der Waals surface area contributed by atoms with Gasteiger partial charge in [0.15, 0.2) is 5.13 Å². The molecule has 2 rings (SSSR count). The van der Waals surface area contributed by atoms with E-state index in [0.717, 1.165) is 12.5 Å².